The molecule has 1 amide bonds. The van der Waals surface area contributed by atoms with Gasteiger partial charge in [0.2, 0.25) is 10.0 Å². The average molecular weight is 554 g/mol. The molecule has 0 spiro atoms. The summed E-state index contributed by atoms with van der Waals surface area (Å²) in [5.74, 6) is -0.548. The van der Waals surface area contributed by atoms with Gasteiger partial charge in [0, 0.05) is 31.7 Å². The van der Waals surface area contributed by atoms with Crippen LogP contribution >= 0.6 is 23.2 Å². The summed E-state index contributed by atoms with van der Waals surface area (Å²) in [4.78, 5) is 14.5. The number of alkyl halides is 3. The highest BCUT2D eigenvalue weighted by Crippen LogP contribution is 2.34. The highest BCUT2D eigenvalue weighted by Gasteiger charge is 2.46. The maximum atomic E-state index is 13.1. The van der Waals surface area contributed by atoms with Crippen LogP contribution in [-0.2, 0) is 10.0 Å². The molecule has 2 aliphatic rings. The molecule has 2 heterocycles. The van der Waals surface area contributed by atoms with Crippen molar-refractivity contribution in [3.8, 4) is 5.75 Å². The van der Waals surface area contributed by atoms with E-state index in [0.717, 1.165) is 24.3 Å². The second-order valence-corrected chi connectivity index (χ2v) is 10.8. The Morgan fingerprint density at radius 1 is 1.11 bits per heavy atom. The van der Waals surface area contributed by atoms with Crippen LogP contribution in [0.1, 0.15) is 18.0 Å². The van der Waals surface area contributed by atoms with Gasteiger partial charge in [0.15, 0.2) is 0 Å². The van der Waals surface area contributed by atoms with Crippen LogP contribution in [0.15, 0.2) is 47.4 Å². The maximum absolute atomic E-state index is 13.1. The number of rotatable bonds is 7. The average Bonchev–Trinajstić information content (AvgIpc) is 3.35. The van der Waals surface area contributed by atoms with Gasteiger partial charge in [-0.2, -0.15) is 0 Å². The van der Waals surface area contributed by atoms with Crippen molar-refractivity contribution in [2.45, 2.75) is 35.8 Å². The van der Waals surface area contributed by atoms with Crippen LogP contribution < -0.4 is 9.46 Å². The molecule has 0 saturated carbocycles. The fraction of sp³-hybridized carbons (Fsp3) is 0.381. The molecule has 3 unspecified atom stereocenters. The van der Waals surface area contributed by atoms with Crippen molar-refractivity contribution < 1.29 is 36.2 Å². The van der Waals surface area contributed by atoms with E-state index in [-0.39, 0.29) is 33.6 Å². The molecule has 2 saturated heterocycles. The number of ether oxygens (including phenoxy) is 1. The number of amides is 1. The van der Waals surface area contributed by atoms with Gasteiger partial charge in [0.25, 0.3) is 0 Å². The minimum atomic E-state index is -4.90. The van der Waals surface area contributed by atoms with E-state index in [4.69, 9.17) is 23.2 Å². The number of nitrogens with one attached hydrogen (secondary N) is 1. The molecule has 2 aliphatic heterocycles. The van der Waals surface area contributed by atoms with E-state index in [1.54, 1.807) is 6.07 Å². The lowest BCUT2D eigenvalue weighted by atomic mass is 10.1. The molecule has 2 N–H and O–H groups in total. The van der Waals surface area contributed by atoms with Gasteiger partial charge in [-0.1, -0.05) is 29.3 Å². The second-order valence-electron chi connectivity index (χ2n) is 8.30. The number of halogens is 5. The maximum Gasteiger partial charge on any atom is 0.573 e. The Hall–Kier alpha value is -2.25. The van der Waals surface area contributed by atoms with Gasteiger partial charge >= 0.3 is 12.5 Å². The van der Waals surface area contributed by atoms with Gasteiger partial charge < -0.3 is 14.7 Å². The molecule has 2 aromatic carbocycles. The van der Waals surface area contributed by atoms with Crippen molar-refractivity contribution in [2.75, 3.05) is 19.6 Å². The first-order valence-electron chi connectivity index (χ1n) is 10.4. The molecule has 0 radical (unpaired) electrons. The van der Waals surface area contributed by atoms with Gasteiger partial charge in [-0.15, -0.1) is 13.2 Å². The first-order valence-corrected chi connectivity index (χ1v) is 12.6. The Labute approximate surface area is 209 Å². The number of hydrogen-bond donors (Lipinski definition) is 2. The largest absolute Gasteiger partial charge is 0.573 e. The third-order valence-corrected chi connectivity index (χ3v) is 8.25. The van der Waals surface area contributed by atoms with Crippen molar-refractivity contribution >= 4 is 39.3 Å². The zero-order valence-electron chi connectivity index (χ0n) is 17.9. The number of likely N-dealkylation sites (tertiary alicyclic amines) is 2. The molecular weight excluding hydrogens is 534 g/mol. The number of piperazine rings is 1. The summed E-state index contributed by atoms with van der Waals surface area (Å²) in [6.45, 7) is 0.989. The highest BCUT2D eigenvalue weighted by molar-refractivity contribution is 7.89. The molecule has 2 aromatic rings. The third-order valence-electron chi connectivity index (χ3n) is 6.03. The van der Waals surface area contributed by atoms with E-state index < -0.39 is 34.3 Å². The predicted octanol–water partition coefficient (Wildman–Crippen LogP) is 4.35. The van der Waals surface area contributed by atoms with Gasteiger partial charge in [-0.05, 0) is 48.4 Å². The molecule has 3 atom stereocenters. The lowest BCUT2D eigenvalue weighted by molar-refractivity contribution is -0.274. The fourth-order valence-electron chi connectivity index (χ4n) is 4.46. The fourth-order valence-corrected chi connectivity index (χ4v) is 5.98. The van der Waals surface area contributed by atoms with E-state index in [1.807, 2.05) is 4.90 Å². The van der Waals surface area contributed by atoms with Crippen LogP contribution in [0.25, 0.3) is 0 Å². The van der Waals surface area contributed by atoms with Crippen molar-refractivity contribution in [2.24, 2.45) is 0 Å². The summed E-state index contributed by atoms with van der Waals surface area (Å²) in [5.41, 5.74) is 0.526. The van der Waals surface area contributed by atoms with E-state index >= 15 is 0 Å². The van der Waals surface area contributed by atoms with Crippen LogP contribution in [0.4, 0.5) is 18.0 Å². The Morgan fingerprint density at radius 2 is 1.80 bits per heavy atom. The van der Waals surface area contributed by atoms with Crippen LogP contribution in [0, 0.1) is 0 Å². The summed E-state index contributed by atoms with van der Waals surface area (Å²) < 4.78 is 69.8. The molecule has 190 valence electrons. The van der Waals surface area contributed by atoms with Gasteiger partial charge in [-0.3, -0.25) is 4.90 Å². The van der Waals surface area contributed by atoms with E-state index in [9.17, 15) is 31.5 Å². The number of sulfonamides is 1. The Morgan fingerprint density at radius 3 is 2.34 bits per heavy atom. The monoisotopic (exact) mass is 553 g/mol. The number of nitrogens with zero attached hydrogens (tertiary/aromatic N) is 2. The zero-order valence-corrected chi connectivity index (χ0v) is 20.2. The van der Waals surface area contributed by atoms with Crippen LogP contribution in [0.3, 0.4) is 0 Å². The van der Waals surface area contributed by atoms with Crippen molar-refractivity contribution in [3.05, 3.63) is 58.1 Å². The number of hydrogen-bond acceptors (Lipinski definition) is 5. The summed E-state index contributed by atoms with van der Waals surface area (Å²) in [6.07, 6.45) is -5.24. The van der Waals surface area contributed by atoms with Gasteiger partial charge in [0.1, 0.15) is 5.75 Å². The summed E-state index contributed by atoms with van der Waals surface area (Å²) in [5, 5.41) is 9.83. The minimum Gasteiger partial charge on any atom is -0.465 e. The molecule has 8 nitrogen and oxygen atoms in total. The minimum absolute atomic E-state index is 0.0651. The number of benzene rings is 2. The molecule has 14 heteroatoms. The first kappa shape index (κ1) is 25.8. The van der Waals surface area contributed by atoms with Gasteiger partial charge in [-0.25, -0.2) is 17.9 Å². The standard InChI is InChI=1S/C21H20Cl2F3N3O5S/c22-17-6-1-12(7-18(17)23)19(11-28-9-14-8-13(28)10-29(14)20(30)31)27-35(32,33)16-4-2-15(3-5-16)34-21(24,25)26/h1-7,13-14,19,27H,8-11H2,(H,30,31). The normalized spacial score (nSPS) is 21.3. The zero-order chi connectivity index (χ0) is 25.5. The quantitative estimate of drug-likeness (QED) is 0.529. The molecular formula is C21H20Cl2F3N3O5S. The lowest BCUT2D eigenvalue weighted by Gasteiger charge is -2.35. The van der Waals surface area contributed by atoms with Gasteiger partial charge in [0.05, 0.1) is 21.0 Å². The molecule has 2 fully saturated rings. The Bertz CT molecular complexity index is 1210. The number of carboxylic acid groups (broad SMARTS) is 1. The smallest absolute Gasteiger partial charge is 0.465 e. The van der Waals surface area contributed by atoms with E-state index in [0.29, 0.717) is 25.1 Å². The van der Waals surface area contributed by atoms with E-state index in [2.05, 4.69) is 9.46 Å². The Balaban J connectivity index is 1.56. The third kappa shape index (κ3) is 5.95. The Kier molecular flexibility index (Phi) is 7.13. The molecule has 4 rings (SSSR count). The molecule has 0 aliphatic carbocycles. The molecule has 0 aromatic heterocycles. The van der Waals surface area contributed by atoms with Crippen LogP contribution in [0.2, 0.25) is 10.0 Å². The topological polar surface area (TPSA) is 99.2 Å². The predicted molar refractivity (Wildman–Crippen MR) is 121 cm³/mol. The highest BCUT2D eigenvalue weighted by atomic mass is 35.5. The lowest BCUT2D eigenvalue weighted by Crippen LogP contribution is -2.50. The SMILES string of the molecule is O=C(O)N1CC2CC1CN2CC(NS(=O)(=O)c1ccc(OC(F)(F)F)cc1)c1ccc(Cl)c(Cl)c1. The van der Waals surface area contributed by atoms with Crippen LogP contribution in [-0.4, -0.2) is 67.5 Å². The summed E-state index contributed by atoms with van der Waals surface area (Å²) in [6, 6.07) is 7.51. The molecule has 2 bridgehead atoms. The summed E-state index contributed by atoms with van der Waals surface area (Å²) >= 11 is 12.2. The second kappa shape index (κ2) is 9.66. The van der Waals surface area contributed by atoms with Crippen molar-refractivity contribution in [1.82, 2.24) is 14.5 Å². The summed E-state index contributed by atoms with van der Waals surface area (Å²) in [7, 11) is -4.16. The van der Waals surface area contributed by atoms with Crippen molar-refractivity contribution in [3.63, 3.8) is 0 Å². The van der Waals surface area contributed by atoms with Crippen LogP contribution in [0.5, 0.6) is 5.75 Å². The first-order chi connectivity index (χ1) is 16.3. The van der Waals surface area contributed by atoms with Crippen molar-refractivity contribution in [1.29, 1.82) is 0 Å². The molecule has 35 heavy (non-hydrogen) atoms. The number of fused-ring (bicyclic) bond motifs is 2. The van der Waals surface area contributed by atoms with E-state index in [1.165, 1.54) is 17.0 Å². The number of carbonyl (C=O) groups is 1.